The molecule has 0 bridgehead atoms. The smallest absolute Gasteiger partial charge is 0.251 e. The maximum Gasteiger partial charge on any atom is 0.251 e. The van der Waals surface area contributed by atoms with Crippen molar-refractivity contribution in [2.45, 2.75) is 31.2 Å². The van der Waals surface area contributed by atoms with E-state index in [1.807, 2.05) is 0 Å². The Bertz CT molecular complexity index is 438. The first-order valence-corrected chi connectivity index (χ1v) is 6.43. The Morgan fingerprint density at radius 3 is 2.28 bits per heavy atom. The molecule has 0 radical (unpaired) electrons. The molecule has 1 aromatic carbocycles. The molecule has 0 unspecified atom stereocenters. The van der Waals surface area contributed by atoms with E-state index in [4.69, 9.17) is 11.6 Å². The molecule has 1 fully saturated rings. The Balaban J connectivity index is 2.16. The van der Waals surface area contributed by atoms with E-state index in [1.54, 1.807) is 0 Å². The van der Waals surface area contributed by atoms with Gasteiger partial charge < -0.3 is 5.32 Å². The van der Waals surface area contributed by atoms with Gasteiger partial charge in [-0.3, -0.25) is 4.79 Å². The third-order valence-electron chi connectivity index (χ3n) is 3.32. The Labute approximate surface area is 109 Å². The summed E-state index contributed by atoms with van der Waals surface area (Å²) in [5.74, 6) is -1.68. The highest BCUT2D eigenvalue weighted by molar-refractivity contribution is 6.19. The average Bonchev–Trinajstić information content (AvgIpc) is 2.77. The second kappa shape index (κ2) is 5.22. The number of alkyl halides is 1. The molecule has 18 heavy (non-hydrogen) atoms. The minimum absolute atomic E-state index is 0.0103. The highest BCUT2D eigenvalue weighted by atomic mass is 35.5. The van der Waals surface area contributed by atoms with E-state index in [-0.39, 0.29) is 5.56 Å². The van der Waals surface area contributed by atoms with Crippen LogP contribution in [0.2, 0.25) is 0 Å². The Hall–Kier alpha value is -1.16. The van der Waals surface area contributed by atoms with E-state index in [0.717, 1.165) is 43.9 Å². The first-order chi connectivity index (χ1) is 8.54. The summed E-state index contributed by atoms with van der Waals surface area (Å²) < 4.78 is 26.1. The second-order valence-electron chi connectivity index (χ2n) is 4.73. The normalized spacial score (nSPS) is 17.7. The van der Waals surface area contributed by atoms with Gasteiger partial charge in [0, 0.05) is 17.5 Å². The Kier molecular flexibility index (Phi) is 3.85. The van der Waals surface area contributed by atoms with Crippen LogP contribution in [0.15, 0.2) is 18.2 Å². The first kappa shape index (κ1) is 13.3. The fourth-order valence-corrected chi connectivity index (χ4v) is 2.68. The van der Waals surface area contributed by atoms with Crippen molar-refractivity contribution in [3.63, 3.8) is 0 Å². The zero-order chi connectivity index (χ0) is 13.2. The van der Waals surface area contributed by atoms with Crippen molar-refractivity contribution in [1.29, 1.82) is 0 Å². The summed E-state index contributed by atoms with van der Waals surface area (Å²) in [7, 11) is 0. The lowest BCUT2D eigenvalue weighted by molar-refractivity contribution is 0.0908. The second-order valence-corrected chi connectivity index (χ2v) is 5.00. The minimum Gasteiger partial charge on any atom is -0.345 e. The fraction of sp³-hybridized carbons (Fsp3) is 0.462. The molecule has 1 amide bonds. The predicted molar refractivity (Wildman–Crippen MR) is 65.7 cm³/mol. The molecule has 0 aliphatic heterocycles. The summed E-state index contributed by atoms with van der Waals surface area (Å²) in [5.41, 5.74) is -0.439. The van der Waals surface area contributed by atoms with Gasteiger partial charge in [0.15, 0.2) is 0 Å². The Morgan fingerprint density at radius 1 is 1.22 bits per heavy atom. The van der Waals surface area contributed by atoms with E-state index in [2.05, 4.69) is 5.32 Å². The molecule has 0 saturated heterocycles. The number of amides is 1. The maximum atomic E-state index is 13.0. The van der Waals surface area contributed by atoms with Crippen molar-refractivity contribution in [2.75, 3.05) is 5.88 Å². The van der Waals surface area contributed by atoms with E-state index in [1.165, 1.54) is 0 Å². The largest absolute Gasteiger partial charge is 0.345 e. The molecule has 2 rings (SSSR count). The molecule has 0 atom stereocenters. The molecule has 5 heteroatoms. The number of rotatable bonds is 3. The van der Waals surface area contributed by atoms with Crippen LogP contribution in [-0.4, -0.2) is 17.3 Å². The Morgan fingerprint density at radius 2 is 1.78 bits per heavy atom. The highest BCUT2D eigenvalue weighted by Gasteiger charge is 2.34. The van der Waals surface area contributed by atoms with Crippen molar-refractivity contribution >= 4 is 17.5 Å². The van der Waals surface area contributed by atoms with Gasteiger partial charge in [0.1, 0.15) is 11.6 Å². The summed E-state index contributed by atoms with van der Waals surface area (Å²) in [6.45, 7) is 0. The third-order valence-corrected chi connectivity index (χ3v) is 3.83. The van der Waals surface area contributed by atoms with Crippen LogP contribution in [-0.2, 0) is 0 Å². The monoisotopic (exact) mass is 273 g/mol. The van der Waals surface area contributed by atoms with Gasteiger partial charge in [0.05, 0.1) is 5.54 Å². The topological polar surface area (TPSA) is 29.1 Å². The highest BCUT2D eigenvalue weighted by Crippen LogP contribution is 2.31. The molecule has 0 aromatic heterocycles. The molecule has 1 aromatic rings. The van der Waals surface area contributed by atoms with E-state index < -0.39 is 23.1 Å². The van der Waals surface area contributed by atoms with Crippen molar-refractivity contribution in [3.8, 4) is 0 Å². The number of nitrogens with one attached hydrogen (secondary N) is 1. The van der Waals surface area contributed by atoms with Crippen LogP contribution in [0.25, 0.3) is 0 Å². The zero-order valence-corrected chi connectivity index (χ0v) is 10.6. The molecule has 1 aliphatic carbocycles. The molecule has 1 aliphatic rings. The number of carbonyl (C=O) groups is 1. The molecule has 98 valence electrons. The lowest BCUT2D eigenvalue weighted by Gasteiger charge is -2.27. The zero-order valence-electron chi connectivity index (χ0n) is 9.81. The SMILES string of the molecule is O=C(NC1(CCl)CCCC1)c1cc(F)cc(F)c1. The van der Waals surface area contributed by atoms with Crippen molar-refractivity contribution < 1.29 is 13.6 Å². The minimum atomic E-state index is -0.758. The van der Waals surface area contributed by atoms with Crippen LogP contribution in [0.5, 0.6) is 0 Å². The standard InChI is InChI=1S/C13H14ClF2NO/c14-8-13(3-1-2-4-13)17-12(18)9-5-10(15)7-11(16)6-9/h5-7H,1-4,8H2,(H,17,18). The molecule has 2 nitrogen and oxygen atoms in total. The average molecular weight is 274 g/mol. The van der Waals surface area contributed by atoms with Gasteiger partial charge in [-0.25, -0.2) is 8.78 Å². The third kappa shape index (κ3) is 2.80. The number of halogens is 3. The van der Waals surface area contributed by atoms with Crippen LogP contribution in [0.3, 0.4) is 0 Å². The van der Waals surface area contributed by atoms with Crippen LogP contribution < -0.4 is 5.32 Å². The van der Waals surface area contributed by atoms with Crippen LogP contribution in [0.1, 0.15) is 36.0 Å². The van der Waals surface area contributed by atoms with E-state index in [0.29, 0.717) is 5.88 Å². The lowest BCUT2D eigenvalue weighted by Crippen LogP contribution is -2.47. The van der Waals surface area contributed by atoms with Gasteiger partial charge in [-0.2, -0.15) is 0 Å². The van der Waals surface area contributed by atoms with Gasteiger partial charge in [0.25, 0.3) is 5.91 Å². The van der Waals surface area contributed by atoms with Gasteiger partial charge in [-0.1, -0.05) is 12.8 Å². The first-order valence-electron chi connectivity index (χ1n) is 5.89. The molecule has 0 spiro atoms. The fourth-order valence-electron chi connectivity index (χ4n) is 2.34. The molecule has 1 N–H and O–H groups in total. The number of carbonyl (C=O) groups excluding carboxylic acids is 1. The summed E-state index contributed by atoms with van der Waals surface area (Å²) in [6, 6.07) is 2.79. The molecule has 0 heterocycles. The summed E-state index contributed by atoms with van der Waals surface area (Å²) >= 11 is 5.90. The quantitative estimate of drug-likeness (QED) is 0.842. The van der Waals surface area contributed by atoms with Crippen molar-refractivity contribution in [3.05, 3.63) is 35.4 Å². The van der Waals surface area contributed by atoms with E-state index >= 15 is 0 Å². The van der Waals surface area contributed by atoms with Gasteiger partial charge in [0.2, 0.25) is 0 Å². The van der Waals surface area contributed by atoms with Gasteiger partial charge >= 0.3 is 0 Å². The maximum absolute atomic E-state index is 13.0. The van der Waals surface area contributed by atoms with E-state index in [9.17, 15) is 13.6 Å². The van der Waals surface area contributed by atoms with Gasteiger partial charge in [-0.05, 0) is 25.0 Å². The summed E-state index contributed by atoms with van der Waals surface area (Å²) in [5, 5.41) is 2.81. The van der Waals surface area contributed by atoms with Gasteiger partial charge in [-0.15, -0.1) is 11.6 Å². The van der Waals surface area contributed by atoms with Crippen LogP contribution >= 0.6 is 11.6 Å². The molecular weight excluding hydrogens is 260 g/mol. The van der Waals surface area contributed by atoms with Crippen LogP contribution in [0.4, 0.5) is 8.78 Å². The lowest BCUT2D eigenvalue weighted by atomic mass is 9.99. The van der Waals surface area contributed by atoms with Crippen LogP contribution in [0, 0.1) is 11.6 Å². The number of benzene rings is 1. The number of hydrogen-bond acceptors (Lipinski definition) is 1. The van der Waals surface area contributed by atoms with Crippen molar-refractivity contribution in [2.24, 2.45) is 0 Å². The molecule has 1 saturated carbocycles. The summed E-state index contributed by atoms with van der Waals surface area (Å²) in [4.78, 5) is 12.0. The van der Waals surface area contributed by atoms with Crippen molar-refractivity contribution in [1.82, 2.24) is 5.32 Å². The predicted octanol–water partition coefficient (Wildman–Crippen LogP) is 3.25. The number of hydrogen-bond donors (Lipinski definition) is 1. The molecular formula is C13H14ClF2NO. The summed E-state index contributed by atoms with van der Waals surface area (Å²) in [6.07, 6.45) is 3.62.